The lowest BCUT2D eigenvalue weighted by Crippen LogP contribution is -2.01. The van der Waals surface area contributed by atoms with Crippen LogP contribution in [0.5, 0.6) is 5.75 Å². The maximum atomic E-state index is 6.03. The molecule has 2 aromatic rings. The zero-order valence-corrected chi connectivity index (χ0v) is 12.2. The Morgan fingerprint density at radius 2 is 1.79 bits per heavy atom. The smallest absolute Gasteiger partial charge is 0.129 e. The van der Waals surface area contributed by atoms with E-state index in [1.54, 1.807) is 7.11 Å². The lowest BCUT2D eigenvalue weighted by molar-refractivity contribution is 0.413. The zero-order valence-electron chi connectivity index (χ0n) is 11.5. The van der Waals surface area contributed by atoms with Crippen LogP contribution in [0.4, 0.5) is 0 Å². The van der Waals surface area contributed by atoms with Crippen molar-refractivity contribution in [2.75, 3.05) is 7.11 Å². The van der Waals surface area contributed by atoms with Crippen LogP contribution in [0, 0.1) is 13.8 Å². The van der Waals surface area contributed by atoms with Crippen LogP contribution in [0.3, 0.4) is 0 Å². The van der Waals surface area contributed by atoms with Gasteiger partial charge >= 0.3 is 0 Å². The molecule has 0 bridgehead atoms. The molecular formula is C16H18ClNO. The van der Waals surface area contributed by atoms with Crippen LogP contribution in [-0.2, 0) is 6.54 Å². The molecule has 0 saturated carbocycles. The second-order valence-electron chi connectivity index (χ2n) is 4.59. The summed E-state index contributed by atoms with van der Waals surface area (Å²) >= 11 is 6.03. The number of rotatable bonds is 3. The Labute approximate surface area is 119 Å². The number of halogens is 1. The summed E-state index contributed by atoms with van der Waals surface area (Å²) in [5, 5.41) is 0.701. The number of hydrogen-bond acceptors (Lipinski definition) is 2. The molecule has 2 N–H and O–H groups in total. The molecule has 100 valence electrons. The van der Waals surface area contributed by atoms with E-state index in [4.69, 9.17) is 22.1 Å². The molecule has 2 aromatic carbocycles. The van der Waals surface area contributed by atoms with Gasteiger partial charge in [0.2, 0.25) is 0 Å². The summed E-state index contributed by atoms with van der Waals surface area (Å²) < 4.78 is 5.57. The predicted molar refractivity (Wildman–Crippen MR) is 80.8 cm³/mol. The molecule has 0 spiro atoms. The Balaban J connectivity index is 2.68. The van der Waals surface area contributed by atoms with Gasteiger partial charge in [0.1, 0.15) is 5.75 Å². The van der Waals surface area contributed by atoms with E-state index < -0.39 is 0 Å². The highest BCUT2D eigenvalue weighted by Gasteiger charge is 2.13. The SMILES string of the molecule is COc1c(-c2ccc(Cl)cc2CN)ccc(C)c1C. The monoisotopic (exact) mass is 275 g/mol. The maximum absolute atomic E-state index is 6.03. The first kappa shape index (κ1) is 13.9. The van der Waals surface area contributed by atoms with Crippen LogP contribution in [-0.4, -0.2) is 7.11 Å². The van der Waals surface area contributed by atoms with Crippen LogP contribution in [0.15, 0.2) is 30.3 Å². The summed E-state index contributed by atoms with van der Waals surface area (Å²) in [6.45, 7) is 4.59. The van der Waals surface area contributed by atoms with Gasteiger partial charge in [0, 0.05) is 17.1 Å². The lowest BCUT2D eigenvalue weighted by Gasteiger charge is -2.16. The Morgan fingerprint density at radius 1 is 1.11 bits per heavy atom. The zero-order chi connectivity index (χ0) is 14.0. The molecule has 0 amide bonds. The number of aryl methyl sites for hydroxylation is 1. The van der Waals surface area contributed by atoms with E-state index in [1.165, 1.54) is 5.56 Å². The molecule has 19 heavy (non-hydrogen) atoms. The van der Waals surface area contributed by atoms with Gasteiger partial charge in [0.05, 0.1) is 7.11 Å². The molecule has 0 aliphatic rings. The highest BCUT2D eigenvalue weighted by atomic mass is 35.5. The summed E-state index contributed by atoms with van der Waals surface area (Å²) in [6, 6.07) is 9.96. The molecular weight excluding hydrogens is 258 g/mol. The Kier molecular flexibility index (Phi) is 4.13. The van der Waals surface area contributed by atoms with E-state index >= 15 is 0 Å². The minimum absolute atomic E-state index is 0.450. The average Bonchev–Trinajstić information content (AvgIpc) is 2.41. The number of ether oxygens (including phenoxy) is 1. The van der Waals surface area contributed by atoms with Gasteiger partial charge in [0.15, 0.2) is 0 Å². The van der Waals surface area contributed by atoms with E-state index in [9.17, 15) is 0 Å². The molecule has 0 saturated heterocycles. The van der Waals surface area contributed by atoms with E-state index in [0.717, 1.165) is 28.0 Å². The summed E-state index contributed by atoms with van der Waals surface area (Å²) in [4.78, 5) is 0. The molecule has 0 aliphatic carbocycles. The third-order valence-corrected chi connectivity index (χ3v) is 3.69. The van der Waals surface area contributed by atoms with Gasteiger partial charge in [-0.25, -0.2) is 0 Å². The van der Waals surface area contributed by atoms with Gasteiger partial charge in [-0.05, 0) is 48.2 Å². The molecule has 0 radical (unpaired) electrons. The summed E-state index contributed by atoms with van der Waals surface area (Å²) in [5.74, 6) is 0.900. The van der Waals surface area contributed by atoms with Gasteiger partial charge in [-0.2, -0.15) is 0 Å². The third kappa shape index (κ3) is 2.60. The van der Waals surface area contributed by atoms with Crippen molar-refractivity contribution in [2.45, 2.75) is 20.4 Å². The van der Waals surface area contributed by atoms with Crippen molar-refractivity contribution in [3.8, 4) is 16.9 Å². The van der Waals surface area contributed by atoms with Crippen molar-refractivity contribution in [3.63, 3.8) is 0 Å². The van der Waals surface area contributed by atoms with Crippen LogP contribution in [0.25, 0.3) is 11.1 Å². The van der Waals surface area contributed by atoms with Crippen molar-refractivity contribution < 1.29 is 4.74 Å². The number of methoxy groups -OCH3 is 1. The minimum atomic E-state index is 0.450. The van der Waals surface area contributed by atoms with Crippen molar-refractivity contribution >= 4 is 11.6 Å². The predicted octanol–water partition coefficient (Wildman–Crippen LogP) is 4.09. The van der Waals surface area contributed by atoms with Gasteiger partial charge < -0.3 is 10.5 Å². The van der Waals surface area contributed by atoms with E-state index in [2.05, 4.69) is 26.0 Å². The second kappa shape index (κ2) is 5.64. The van der Waals surface area contributed by atoms with Gasteiger partial charge in [0.25, 0.3) is 0 Å². The largest absolute Gasteiger partial charge is 0.496 e. The first-order chi connectivity index (χ1) is 9.08. The Hall–Kier alpha value is -1.51. The quantitative estimate of drug-likeness (QED) is 0.916. The van der Waals surface area contributed by atoms with Crippen LogP contribution in [0.2, 0.25) is 5.02 Å². The van der Waals surface area contributed by atoms with E-state index in [1.807, 2.05) is 18.2 Å². The van der Waals surface area contributed by atoms with Gasteiger partial charge in [-0.15, -0.1) is 0 Å². The third-order valence-electron chi connectivity index (χ3n) is 3.46. The fourth-order valence-corrected chi connectivity index (χ4v) is 2.45. The number of nitrogens with two attached hydrogens (primary N) is 1. The first-order valence-corrected chi connectivity index (χ1v) is 6.59. The van der Waals surface area contributed by atoms with Crippen molar-refractivity contribution in [3.05, 3.63) is 52.0 Å². The number of benzene rings is 2. The standard InChI is InChI=1S/C16H18ClNO/c1-10-4-6-15(16(19-3)11(10)2)14-7-5-13(17)8-12(14)9-18/h4-8H,9,18H2,1-3H3. The second-order valence-corrected chi connectivity index (χ2v) is 5.03. The topological polar surface area (TPSA) is 35.2 Å². The summed E-state index contributed by atoms with van der Waals surface area (Å²) in [5.41, 5.74) is 11.3. The fraction of sp³-hybridized carbons (Fsp3) is 0.250. The molecule has 2 rings (SSSR count). The molecule has 0 aliphatic heterocycles. The highest BCUT2D eigenvalue weighted by Crippen LogP contribution is 2.36. The Morgan fingerprint density at radius 3 is 2.42 bits per heavy atom. The molecule has 2 nitrogen and oxygen atoms in total. The lowest BCUT2D eigenvalue weighted by atomic mass is 9.95. The van der Waals surface area contributed by atoms with E-state index in [-0.39, 0.29) is 0 Å². The molecule has 3 heteroatoms. The summed E-state index contributed by atoms with van der Waals surface area (Å²) in [7, 11) is 1.70. The normalized spacial score (nSPS) is 10.6. The van der Waals surface area contributed by atoms with Crippen molar-refractivity contribution in [1.82, 2.24) is 0 Å². The van der Waals surface area contributed by atoms with Crippen LogP contribution in [0.1, 0.15) is 16.7 Å². The van der Waals surface area contributed by atoms with Gasteiger partial charge in [-0.3, -0.25) is 0 Å². The highest BCUT2D eigenvalue weighted by molar-refractivity contribution is 6.30. The first-order valence-electron chi connectivity index (χ1n) is 6.21. The molecule has 0 heterocycles. The minimum Gasteiger partial charge on any atom is -0.496 e. The summed E-state index contributed by atoms with van der Waals surface area (Å²) in [6.07, 6.45) is 0. The maximum Gasteiger partial charge on any atom is 0.129 e. The van der Waals surface area contributed by atoms with Crippen molar-refractivity contribution in [2.24, 2.45) is 5.73 Å². The molecule has 0 fully saturated rings. The van der Waals surface area contributed by atoms with Crippen molar-refractivity contribution in [1.29, 1.82) is 0 Å². The molecule has 0 atom stereocenters. The van der Waals surface area contributed by atoms with E-state index in [0.29, 0.717) is 11.6 Å². The average molecular weight is 276 g/mol. The van der Waals surface area contributed by atoms with Crippen LogP contribution < -0.4 is 10.5 Å². The molecule has 0 aromatic heterocycles. The Bertz CT molecular complexity index is 608. The van der Waals surface area contributed by atoms with Crippen LogP contribution >= 0.6 is 11.6 Å². The number of hydrogen-bond donors (Lipinski definition) is 1. The fourth-order valence-electron chi connectivity index (χ4n) is 2.26. The van der Waals surface area contributed by atoms with Gasteiger partial charge in [-0.1, -0.05) is 29.8 Å². The molecule has 0 unspecified atom stereocenters.